The maximum Gasteiger partial charge on any atom is 0.0249 e. The Kier molecular flexibility index (Phi) is 5.46. The third-order valence-corrected chi connectivity index (χ3v) is 4.92. The summed E-state index contributed by atoms with van der Waals surface area (Å²) >= 11 is 2.06. The highest BCUT2D eigenvalue weighted by atomic mass is 32.2. The van der Waals surface area contributed by atoms with Crippen molar-refractivity contribution in [1.29, 1.82) is 0 Å². The summed E-state index contributed by atoms with van der Waals surface area (Å²) in [6.07, 6.45) is 7.02. The Morgan fingerprint density at radius 2 is 2.19 bits per heavy atom. The lowest BCUT2D eigenvalue weighted by atomic mass is 9.99. The Morgan fingerprint density at radius 3 is 3.06 bits per heavy atom. The lowest BCUT2D eigenvalue weighted by Crippen LogP contribution is -2.45. The van der Waals surface area contributed by atoms with Crippen LogP contribution in [0.1, 0.15) is 39.0 Å². The molecule has 3 heteroatoms. The van der Waals surface area contributed by atoms with Crippen molar-refractivity contribution in [3.63, 3.8) is 0 Å². The van der Waals surface area contributed by atoms with Crippen molar-refractivity contribution in [2.24, 2.45) is 0 Å². The van der Waals surface area contributed by atoms with E-state index < -0.39 is 0 Å². The van der Waals surface area contributed by atoms with Crippen molar-refractivity contribution < 1.29 is 0 Å². The lowest BCUT2D eigenvalue weighted by molar-refractivity contribution is 0.181. The molecular weight excluding hydrogens is 216 g/mol. The number of nitrogens with one attached hydrogen (secondary N) is 1. The van der Waals surface area contributed by atoms with Crippen LogP contribution in [0.5, 0.6) is 0 Å². The largest absolute Gasteiger partial charge is 0.312 e. The quantitative estimate of drug-likeness (QED) is 0.720. The van der Waals surface area contributed by atoms with Gasteiger partial charge in [-0.2, -0.15) is 11.8 Å². The maximum atomic E-state index is 3.78. The third kappa shape index (κ3) is 3.38. The summed E-state index contributed by atoms with van der Waals surface area (Å²) in [5.41, 5.74) is 0. The maximum absolute atomic E-state index is 3.78. The summed E-state index contributed by atoms with van der Waals surface area (Å²) in [5.74, 6) is 2.59. The molecule has 94 valence electrons. The smallest absolute Gasteiger partial charge is 0.0249 e. The van der Waals surface area contributed by atoms with Crippen molar-refractivity contribution in [2.75, 3.05) is 31.1 Å². The topological polar surface area (TPSA) is 15.3 Å². The fourth-order valence-electron chi connectivity index (χ4n) is 3.09. The van der Waals surface area contributed by atoms with E-state index in [2.05, 4.69) is 28.9 Å². The molecule has 0 aromatic carbocycles. The molecule has 0 spiro atoms. The van der Waals surface area contributed by atoms with Crippen molar-refractivity contribution >= 4 is 11.8 Å². The van der Waals surface area contributed by atoms with E-state index in [0.29, 0.717) is 0 Å². The van der Waals surface area contributed by atoms with Gasteiger partial charge in [-0.05, 0) is 50.3 Å². The van der Waals surface area contributed by atoms with Gasteiger partial charge in [-0.25, -0.2) is 0 Å². The van der Waals surface area contributed by atoms with E-state index in [-0.39, 0.29) is 0 Å². The monoisotopic (exact) mass is 242 g/mol. The molecule has 0 aromatic rings. The molecule has 0 amide bonds. The first kappa shape index (κ1) is 12.7. The van der Waals surface area contributed by atoms with Crippen LogP contribution in [-0.2, 0) is 0 Å². The summed E-state index contributed by atoms with van der Waals surface area (Å²) < 4.78 is 0. The number of rotatable bonds is 6. The standard InChI is InChI=1S/C13H26N2S/c1-2-16-11-5-8-14-12-7-10-15-9-4-3-6-13(12)15/h12-14H,2-11H2,1H3. The molecule has 0 saturated carbocycles. The highest BCUT2D eigenvalue weighted by Crippen LogP contribution is 2.26. The first-order chi connectivity index (χ1) is 7.92. The molecule has 0 aliphatic carbocycles. The molecular formula is C13H26N2S. The van der Waals surface area contributed by atoms with Crippen LogP contribution in [0.2, 0.25) is 0 Å². The van der Waals surface area contributed by atoms with Gasteiger partial charge in [0.1, 0.15) is 0 Å². The Bertz CT molecular complexity index is 198. The average Bonchev–Trinajstić information content (AvgIpc) is 2.73. The molecule has 2 nitrogen and oxygen atoms in total. The van der Waals surface area contributed by atoms with Crippen molar-refractivity contribution in [3.8, 4) is 0 Å². The number of nitrogens with zero attached hydrogens (tertiary/aromatic N) is 1. The molecule has 2 heterocycles. The number of fused-ring (bicyclic) bond motifs is 1. The van der Waals surface area contributed by atoms with Crippen LogP contribution in [-0.4, -0.2) is 48.1 Å². The molecule has 2 saturated heterocycles. The molecule has 2 unspecified atom stereocenters. The minimum atomic E-state index is 0.798. The Labute approximate surface area is 105 Å². The Hall–Kier alpha value is 0.270. The SMILES string of the molecule is CCSCCCNC1CCN2CCCCC12. The van der Waals surface area contributed by atoms with Gasteiger partial charge in [0.05, 0.1) is 0 Å². The van der Waals surface area contributed by atoms with E-state index in [0.717, 1.165) is 12.1 Å². The first-order valence-corrected chi connectivity index (χ1v) is 8.12. The van der Waals surface area contributed by atoms with Crippen LogP contribution in [0.25, 0.3) is 0 Å². The minimum Gasteiger partial charge on any atom is -0.312 e. The second-order valence-electron chi connectivity index (χ2n) is 5.00. The van der Waals surface area contributed by atoms with Gasteiger partial charge in [0, 0.05) is 18.6 Å². The van der Waals surface area contributed by atoms with Crippen LogP contribution in [0.3, 0.4) is 0 Å². The van der Waals surface area contributed by atoms with Gasteiger partial charge in [0.25, 0.3) is 0 Å². The van der Waals surface area contributed by atoms with Gasteiger partial charge in [-0.3, -0.25) is 4.90 Å². The van der Waals surface area contributed by atoms with Gasteiger partial charge in [0.2, 0.25) is 0 Å². The van der Waals surface area contributed by atoms with E-state index in [1.165, 1.54) is 63.2 Å². The summed E-state index contributed by atoms with van der Waals surface area (Å²) in [4.78, 5) is 2.71. The van der Waals surface area contributed by atoms with E-state index >= 15 is 0 Å². The fraction of sp³-hybridized carbons (Fsp3) is 1.00. The van der Waals surface area contributed by atoms with Crippen LogP contribution in [0, 0.1) is 0 Å². The molecule has 0 radical (unpaired) electrons. The van der Waals surface area contributed by atoms with Crippen molar-refractivity contribution in [3.05, 3.63) is 0 Å². The minimum absolute atomic E-state index is 0.798. The van der Waals surface area contributed by atoms with E-state index in [1.54, 1.807) is 0 Å². The van der Waals surface area contributed by atoms with Crippen LogP contribution < -0.4 is 5.32 Å². The Morgan fingerprint density at radius 1 is 1.25 bits per heavy atom. The highest BCUT2D eigenvalue weighted by molar-refractivity contribution is 7.99. The highest BCUT2D eigenvalue weighted by Gasteiger charge is 2.34. The zero-order valence-corrected chi connectivity index (χ0v) is 11.4. The van der Waals surface area contributed by atoms with Gasteiger partial charge in [-0.1, -0.05) is 13.3 Å². The second-order valence-corrected chi connectivity index (χ2v) is 6.39. The molecule has 0 aromatic heterocycles. The molecule has 2 aliphatic rings. The molecule has 2 fully saturated rings. The van der Waals surface area contributed by atoms with Crippen LogP contribution in [0.4, 0.5) is 0 Å². The third-order valence-electron chi connectivity index (χ3n) is 3.93. The van der Waals surface area contributed by atoms with Gasteiger partial charge in [0.15, 0.2) is 0 Å². The zero-order valence-electron chi connectivity index (χ0n) is 10.6. The molecule has 2 rings (SSSR count). The first-order valence-electron chi connectivity index (χ1n) is 6.97. The Balaban J connectivity index is 1.62. The fourth-order valence-corrected chi connectivity index (χ4v) is 3.73. The molecule has 2 aliphatic heterocycles. The lowest BCUT2D eigenvalue weighted by Gasteiger charge is -2.32. The number of thioether (sulfide) groups is 1. The summed E-state index contributed by atoms with van der Waals surface area (Å²) in [6, 6.07) is 1.67. The van der Waals surface area contributed by atoms with Gasteiger partial charge >= 0.3 is 0 Å². The van der Waals surface area contributed by atoms with Gasteiger partial charge < -0.3 is 5.32 Å². The van der Waals surface area contributed by atoms with Crippen molar-refractivity contribution in [1.82, 2.24) is 10.2 Å². The average molecular weight is 242 g/mol. The summed E-state index contributed by atoms with van der Waals surface area (Å²) in [7, 11) is 0. The van der Waals surface area contributed by atoms with E-state index in [9.17, 15) is 0 Å². The van der Waals surface area contributed by atoms with Crippen LogP contribution in [0.15, 0.2) is 0 Å². The van der Waals surface area contributed by atoms with Crippen LogP contribution >= 0.6 is 11.8 Å². The number of piperidine rings is 1. The summed E-state index contributed by atoms with van der Waals surface area (Å²) in [5, 5.41) is 3.78. The molecule has 16 heavy (non-hydrogen) atoms. The van der Waals surface area contributed by atoms with E-state index in [4.69, 9.17) is 0 Å². The number of hydrogen-bond acceptors (Lipinski definition) is 3. The summed E-state index contributed by atoms with van der Waals surface area (Å²) in [6.45, 7) is 6.16. The van der Waals surface area contributed by atoms with E-state index in [1.807, 2.05) is 0 Å². The predicted molar refractivity (Wildman–Crippen MR) is 73.2 cm³/mol. The predicted octanol–water partition coefficient (Wildman–Crippen LogP) is 2.35. The molecule has 2 atom stereocenters. The zero-order chi connectivity index (χ0) is 11.2. The normalized spacial score (nSPS) is 30.6. The molecule has 0 bridgehead atoms. The molecule has 1 N–H and O–H groups in total. The number of hydrogen-bond donors (Lipinski definition) is 1. The van der Waals surface area contributed by atoms with Crippen molar-refractivity contribution in [2.45, 2.75) is 51.1 Å². The second kappa shape index (κ2) is 6.87. The van der Waals surface area contributed by atoms with Gasteiger partial charge in [-0.15, -0.1) is 0 Å².